The first kappa shape index (κ1) is 11.5. The molecule has 1 heterocycles. The van der Waals surface area contributed by atoms with Crippen LogP contribution in [0, 0.1) is 0 Å². The molecule has 16 heavy (non-hydrogen) atoms. The van der Waals surface area contributed by atoms with E-state index >= 15 is 0 Å². The molecule has 0 amide bonds. The summed E-state index contributed by atoms with van der Waals surface area (Å²) in [7, 11) is 0. The lowest BCUT2D eigenvalue weighted by Gasteiger charge is -2.18. The number of hydrogen-bond donors (Lipinski definition) is 2. The zero-order valence-corrected chi connectivity index (χ0v) is 10.1. The van der Waals surface area contributed by atoms with Crippen molar-refractivity contribution in [2.24, 2.45) is 0 Å². The van der Waals surface area contributed by atoms with Gasteiger partial charge in [-0.15, -0.1) is 0 Å². The molecule has 1 fully saturated rings. The summed E-state index contributed by atoms with van der Waals surface area (Å²) < 4.78 is 0. The zero-order chi connectivity index (χ0) is 11.4. The molecule has 0 spiro atoms. The van der Waals surface area contributed by atoms with Crippen LogP contribution >= 0.6 is 11.6 Å². The topological polar surface area (TPSA) is 50.9 Å². The van der Waals surface area contributed by atoms with Gasteiger partial charge in [0.15, 0.2) is 0 Å². The van der Waals surface area contributed by atoms with Crippen molar-refractivity contribution in [1.29, 1.82) is 0 Å². The van der Waals surface area contributed by atoms with E-state index in [1.165, 1.54) is 38.5 Å². The minimum Gasteiger partial charge on any atom is -0.396 e. The van der Waals surface area contributed by atoms with Crippen LogP contribution in [0.3, 0.4) is 0 Å². The Hall–Kier alpha value is -0.960. The summed E-state index contributed by atoms with van der Waals surface area (Å²) >= 11 is 5.86. The van der Waals surface area contributed by atoms with E-state index in [9.17, 15) is 0 Å². The molecule has 0 atom stereocenters. The number of nitrogen functional groups attached to an aromatic ring is 1. The predicted molar refractivity (Wildman–Crippen MR) is 68.8 cm³/mol. The Kier molecular flexibility index (Phi) is 3.88. The average Bonchev–Trinajstić information content (AvgIpc) is 2.52. The van der Waals surface area contributed by atoms with Crippen molar-refractivity contribution in [3.8, 4) is 0 Å². The highest BCUT2D eigenvalue weighted by Gasteiger charge is 2.13. The van der Waals surface area contributed by atoms with E-state index < -0.39 is 0 Å². The molecule has 3 nitrogen and oxygen atoms in total. The fraction of sp³-hybridized carbons (Fsp3) is 0.583. The van der Waals surface area contributed by atoms with Crippen LogP contribution < -0.4 is 11.1 Å². The lowest BCUT2D eigenvalue weighted by molar-refractivity contribution is 0.620. The first-order chi connectivity index (χ1) is 7.75. The highest BCUT2D eigenvalue weighted by atomic mass is 35.5. The quantitative estimate of drug-likeness (QED) is 0.614. The zero-order valence-electron chi connectivity index (χ0n) is 9.38. The van der Waals surface area contributed by atoms with Crippen LogP contribution in [0.25, 0.3) is 0 Å². The predicted octanol–water partition coefficient (Wildman–Crippen LogP) is 3.45. The second-order valence-electron chi connectivity index (χ2n) is 4.43. The van der Waals surface area contributed by atoms with Crippen LogP contribution in [-0.2, 0) is 0 Å². The van der Waals surface area contributed by atoms with E-state index in [0.717, 1.165) is 5.69 Å². The largest absolute Gasteiger partial charge is 0.396 e. The Balaban J connectivity index is 2.04. The summed E-state index contributed by atoms with van der Waals surface area (Å²) in [5.74, 6) is 0. The number of nitrogens with zero attached hydrogens (tertiary/aromatic N) is 1. The van der Waals surface area contributed by atoms with Crippen molar-refractivity contribution >= 4 is 23.0 Å². The highest BCUT2D eigenvalue weighted by Crippen LogP contribution is 2.25. The number of rotatable bonds is 2. The highest BCUT2D eigenvalue weighted by molar-refractivity contribution is 6.29. The van der Waals surface area contributed by atoms with Crippen LogP contribution in [-0.4, -0.2) is 11.0 Å². The molecule has 0 radical (unpaired) electrons. The van der Waals surface area contributed by atoms with Crippen LogP contribution in [0.4, 0.5) is 11.4 Å². The lowest BCUT2D eigenvalue weighted by Crippen LogP contribution is -2.19. The molecule has 2 rings (SSSR count). The minimum atomic E-state index is 0.491. The van der Waals surface area contributed by atoms with Gasteiger partial charge in [0.1, 0.15) is 5.15 Å². The fourth-order valence-electron chi connectivity index (χ4n) is 2.21. The standard InChI is InChI=1S/C12H18ClN3/c13-12-7-11(10(14)8-15-12)16-9-5-3-1-2-4-6-9/h7-9H,1-6,14H2,(H,15,16). The van der Waals surface area contributed by atoms with Gasteiger partial charge in [-0.2, -0.15) is 0 Å². The molecule has 0 saturated heterocycles. The van der Waals surface area contributed by atoms with Crippen LogP contribution in [0.2, 0.25) is 5.15 Å². The summed E-state index contributed by atoms with van der Waals surface area (Å²) in [5, 5.41) is 3.97. The summed E-state index contributed by atoms with van der Waals surface area (Å²) in [5.41, 5.74) is 7.46. The summed E-state index contributed by atoms with van der Waals surface area (Å²) in [6.07, 6.45) is 9.36. The third-order valence-electron chi connectivity index (χ3n) is 3.12. The van der Waals surface area contributed by atoms with E-state index in [1.807, 2.05) is 6.07 Å². The van der Waals surface area contributed by atoms with E-state index in [4.69, 9.17) is 17.3 Å². The second-order valence-corrected chi connectivity index (χ2v) is 4.81. The number of anilines is 2. The maximum atomic E-state index is 5.86. The molecule has 0 unspecified atom stereocenters. The lowest BCUT2D eigenvalue weighted by atomic mass is 10.1. The monoisotopic (exact) mass is 239 g/mol. The van der Waals surface area contributed by atoms with Crippen molar-refractivity contribution < 1.29 is 0 Å². The molecule has 1 aliphatic rings. The van der Waals surface area contributed by atoms with Gasteiger partial charge in [0.2, 0.25) is 0 Å². The molecule has 4 heteroatoms. The SMILES string of the molecule is Nc1cnc(Cl)cc1NC1CCCCCC1. The van der Waals surface area contributed by atoms with Gasteiger partial charge in [-0.1, -0.05) is 37.3 Å². The number of halogens is 1. The molecule has 0 aliphatic heterocycles. The molecule has 1 aromatic heterocycles. The van der Waals surface area contributed by atoms with Crippen molar-refractivity contribution in [2.75, 3.05) is 11.1 Å². The average molecular weight is 240 g/mol. The van der Waals surface area contributed by atoms with Gasteiger partial charge in [-0.25, -0.2) is 4.98 Å². The van der Waals surface area contributed by atoms with Gasteiger partial charge in [0.25, 0.3) is 0 Å². The van der Waals surface area contributed by atoms with Crippen LogP contribution in [0.5, 0.6) is 0 Å². The number of nitrogens with two attached hydrogens (primary N) is 1. The van der Waals surface area contributed by atoms with Crippen molar-refractivity contribution in [3.63, 3.8) is 0 Å². The van der Waals surface area contributed by atoms with Crippen LogP contribution in [0.1, 0.15) is 38.5 Å². The van der Waals surface area contributed by atoms with Gasteiger partial charge in [0.05, 0.1) is 17.6 Å². The van der Waals surface area contributed by atoms with E-state index in [-0.39, 0.29) is 0 Å². The molecular weight excluding hydrogens is 222 g/mol. The van der Waals surface area contributed by atoms with E-state index in [0.29, 0.717) is 16.9 Å². The van der Waals surface area contributed by atoms with Gasteiger partial charge in [0, 0.05) is 12.1 Å². The molecular formula is C12H18ClN3. The van der Waals surface area contributed by atoms with Crippen LogP contribution in [0.15, 0.2) is 12.3 Å². The Morgan fingerprint density at radius 1 is 1.25 bits per heavy atom. The normalized spacial score (nSPS) is 18.1. The number of hydrogen-bond acceptors (Lipinski definition) is 3. The van der Waals surface area contributed by atoms with E-state index in [2.05, 4.69) is 10.3 Å². The third-order valence-corrected chi connectivity index (χ3v) is 3.32. The summed E-state index contributed by atoms with van der Waals surface area (Å²) in [6, 6.07) is 2.34. The third kappa shape index (κ3) is 3.01. The van der Waals surface area contributed by atoms with Gasteiger partial charge in [-0.05, 0) is 12.8 Å². The van der Waals surface area contributed by atoms with E-state index in [1.54, 1.807) is 6.20 Å². The van der Waals surface area contributed by atoms with Crippen molar-refractivity contribution in [1.82, 2.24) is 4.98 Å². The molecule has 1 aromatic rings. The molecule has 3 N–H and O–H groups in total. The molecule has 1 saturated carbocycles. The maximum Gasteiger partial charge on any atom is 0.131 e. The van der Waals surface area contributed by atoms with Crippen molar-refractivity contribution in [3.05, 3.63) is 17.4 Å². The Morgan fingerprint density at radius 3 is 2.62 bits per heavy atom. The maximum absolute atomic E-state index is 5.86. The molecule has 88 valence electrons. The van der Waals surface area contributed by atoms with Gasteiger partial charge < -0.3 is 11.1 Å². The summed E-state index contributed by atoms with van der Waals surface area (Å²) in [4.78, 5) is 3.95. The first-order valence-corrected chi connectivity index (χ1v) is 6.31. The molecule has 0 aromatic carbocycles. The number of aromatic nitrogens is 1. The Bertz CT molecular complexity index is 346. The van der Waals surface area contributed by atoms with Gasteiger partial charge in [-0.3, -0.25) is 0 Å². The number of nitrogens with one attached hydrogen (secondary N) is 1. The first-order valence-electron chi connectivity index (χ1n) is 5.93. The van der Waals surface area contributed by atoms with Gasteiger partial charge >= 0.3 is 0 Å². The number of pyridine rings is 1. The molecule has 0 bridgehead atoms. The summed E-state index contributed by atoms with van der Waals surface area (Å²) in [6.45, 7) is 0. The second kappa shape index (κ2) is 5.39. The minimum absolute atomic E-state index is 0.491. The molecule has 1 aliphatic carbocycles. The van der Waals surface area contributed by atoms with Crippen molar-refractivity contribution in [2.45, 2.75) is 44.6 Å². The Labute approximate surface area is 101 Å². The Morgan fingerprint density at radius 2 is 1.94 bits per heavy atom. The fourth-order valence-corrected chi connectivity index (χ4v) is 2.37. The smallest absolute Gasteiger partial charge is 0.131 e.